The first-order chi connectivity index (χ1) is 12.5. The summed E-state index contributed by atoms with van der Waals surface area (Å²) in [6.07, 6.45) is 6.96. The van der Waals surface area contributed by atoms with E-state index in [0.29, 0.717) is 31.6 Å². The maximum Gasteiger partial charge on any atom is 0.243 e. The second-order valence-corrected chi connectivity index (χ2v) is 8.65. The van der Waals surface area contributed by atoms with Gasteiger partial charge in [-0.2, -0.15) is 4.31 Å². The number of rotatable bonds is 4. The minimum Gasteiger partial charge on any atom is -0.326 e. The van der Waals surface area contributed by atoms with Gasteiger partial charge in [0.2, 0.25) is 15.9 Å². The summed E-state index contributed by atoms with van der Waals surface area (Å²) in [5, 5.41) is 10.6. The Morgan fingerprint density at radius 2 is 2.12 bits per heavy atom. The maximum atomic E-state index is 13.3. The summed E-state index contributed by atoms with van der Waals surface area (Å²) in [5.41, 5.74) is 1.58. The Bertz CT molecular complexity index is 910. The van der Waals surface area contributed by atoms with Crippen LogP contribution in [0.1, 0.15) is 31.2 Å². The van der Waals surface area contributed by atoms with Crippen LogP contribution in [0.5, 0.6) is 0 Å². The van der Waals surface area contributed by atoms with Crippen molar-refractivity contribution in [3.05, 3.63) is 36.2 Å². The minimum absolute atomic E-state index is 0.0305. The standard InChI is InChI=1S/C17H21N5O3S/c23-17-7-4-13-11-15(5-6-16(13)19-17)26(24,25)22-9-2-1-3-14(22)12-21-10-8-18-20-21/h5-6,8,10-11,14H,1-4,7,9,12H2,(H,19,23)/t14-/m0/s1. The van der Waals surface area contributed by atoms with Crippen molar-refractivity contribution in [3.8, 4) is 0 Å². The van der Waals surface area contributed by atoms with Gasteiger partial charge in [0.15, 0.2) is 0 Å². The van der Waals surface area contributed by atoms with Crippen molar-refractivity contribution >= 4 is 21.6 Å². The fraction of sp³-hybridized carbons (Fsp3) is 0.471. The van der Waals surface area contributed by atoms with Crippen molar-refractivity contribution in [2.24, 2.45) is 0 Å². The monoisotopic (exact) mass is 375 g/mol. The molecule has 138 valence electrons. The van der Waals surface area contributed by atoms with Gasteiger partial charge < -0.3 is 5.32 Å². The molecule has 1 N–H and O–H groups in total. The Kier molecular flexibility index (Phi) is 4.49. The minimum atomic E-state index is -3.60. The van der Waals surface area contributed by atoms with Gasteiger partial charge in [-0.05, 0) is 43.0 Å². The zero-order valence-corrected chi connectivity index (χ0v) is 15.2. The summed E-state index contributed by atoms with van der Waals surface area (Å²) >= 11 is 0. The molecule has 2 aromatic rings. The van der Waals surface area contributed by atoms with Crippen LogP contribution in [-0.4, -0.2) is 46.2 Å². The molecule has 2 aliphatic rings. The second-order valence-electron chi connectivity index (χ2n) is 6.76. The molecule has 9 heteroatoms. The maximum absolute atomic E-state index is 13.3. The Morgan fingerprint density at radius 3 is 2.92 bits per heavy atom. The van der Waals surface area contributed by atoms with E-state index in [1.807, 2.05) is 0 Å². The van der Waals surface area contributed by atoms with Gasteiger partial charge in [-0.3, -0.25) is 9.48 Å². The molecule has 1 fully saturated rings. The highest BCUT2D eigenvalue weighted by Gasteiger charge is 2.34. The van der Waals surface area contributed by atoms with Crippen LogP contribution in [0.3, 0.4) is 0 Å². The van der Waals surface area contributed by atoms with Crippen molar-refractivity contribution < 1.29 is 13.2 Å². The fourth-order valence-electron chi connectivity index (χ4n) is 3.67. The molecular formula is C17H21N5O3S. The number of carbonyl (C=O) groups is 1. The Hall–Kier alpha value is -2.26. The summed E-state index contributed by atoms with van der Waals surface area (Å²) in [7, 11) is -3.60. The highest BCUT2D eigenvalue weighted by Crippen LogP contribution is 2.30. The largest absolute Gasteiger partial charge is 0.326 e. The highest BCUT2D eigenvalue weighted by molar-refractivity contribution is 7.89. The van der Waals surface area contributed by atoms with Crippen LogP contribution in [0.25, 0.3) is 0 Å². The first kappa shape index (κ1) is 17.2. The molecule has 0 saturated carbocycles. The van der Waals surface area contributed by atoms with Gasteiger partial charge in [0.1, 0.15) is 0 Å². The second kappa shape index (κ2) is 6.81. The van der Waals surface area contributed by atoms with E-state index in [2.05, 4.69) is 15.6 Å². The average molecular weight is 375 g/mol. The lowest BCUT2D eigenvalue weighted by Crippen LogP contribution is -2.45. The zero-order valence-electron chi connectivity index (χ0n) is 14.3. The van der Waals surface area contributed by atoms with Crippen LogP contribution in [0.15, 0.2) is 35.5 Å². The van der Waals surface area contributed by atoms with Crippen LogP contribution in [0.2, 0.25) is 0 Å². The number of aryl methyl sites for hydroxylation is 1. The number of carbonyl (C=O) groups excluding carboxylic acids is 1. The number of aromatic nitrogens is 3. The SMILES string of the molecule is O=C1CCc2cc(S(=O)(=O)N3CCCC[C@H]3Cn3ccnn3)ccc2N1. The molecule has 3 heterocycles. The summed E-state index contributed by atoms with van der Waals surface area (Å²) in [6, 6.07) is 4.84. The normalized spacial score (nSPS) is 21.2. The van der Waals surface area contributed by atoms with Crippen LogP contribution < -0.4 is 5.32 Å². The number of nitrogens with zero attached hydrogens (tertiary/aromatic N) is 4. The number of piperidine rings is 1. The number of anilines is 1. The Morgan fingerprint density at radius 1 is 1.23 bits per heavy atom. The van der Waals surface area contributed by atoms with Gasteiger partial charge in [-0.15, -0.1) is 5.10 Å². The van der Waals surface area contributed by atoms with E-state index in [-0.39, 0.29) is 16.8 Å². The summed E-state index contributed by atoms with van der Waals surface area (Å²) in [5.74, 6) is -0.0305. The van der Waals surface area contributed by atoms with E-state index in [1.165, 1.54) is 0 Å². The molecule has 0 unspecified atom stereocenters. The molecule has 1 aromatic heterocycles. The number of sulfonamides is 1. The van der Waals surface area contributed by atoms with Crippen LogP contribution in [0.4, 0.5) is 5.69 Å². The summed E-state index contributed by atoms with van der Waals surface area (Å²) in [4.78, 5) is 11.8. The Balaban J connectivity index is 1.63. The lowest BCUT2D eigenvalue weighted by atomic mass is 10.0. The first-order valence-corrected chi connectivity index (χ1v) is 10.3. The molecular weight excluding hydrogens is 354 g/mol. The third-order valence-electron chi connectivity index (χ3n) is 5.02. The molecule has 1 atom stereocenters. The van der Waals surface area contributed by atoms with E-state index in [9.17, 15) is 13.2 Å². The molecule has 1 saturated heterocycles. The van der Waals surface area contributed by atoms with E-state index < -0.39 is 10.0 Å². The molecule has 0 aliphatic carbocycles. The van der Waals surface area contributed by atoms with Gasteiger partial charge in [-0.1, -0.05) is 11.6 Å². The quantitative estimate of drug-likeness (QED) is 0.871. The van der Waals surface area contributed by atoms with Crippen molar-refractivity contribution in [1.29, 1.82) is 0 Å². The third kappa shape index (κ3) is 3.24. The van der Waals surface area contributed by atoms with Gasteiger partial charge in [0, 0.05) is 30.9 Å². The number of amides is 1. The van der Waals surface area contributed by atoms with Gasteiger partial charge >= 0.3 is 0 Å². The van der Waals surface area contributed by atoms with E-state index in [0.717, 1.165) is 24.8 Å². The van der Waals surface area contributed by atoms with Crippen LogP contribution in [0, 0.1) is 0 Å². The summed E-state index contributed by atoms with van der Waals surface area (Å²) < 4.78 is 29.8. The van der Waals surface area contributed by atoms with E-state index in [1.54, 1.807) is 39.6 Å². The highest BCUT2D eigenvalue weighted by atomic mass is 32.2. The average Bonchev–Trinajstić information content (AvgIpc) is 3.14. The number of hydrogen-bond donors (Lipinski definition) is 1. The number of hydrogen-bond acceptors (Lipinski definition) is 5. The molecule has 0 bridgehead atoms. The molecule has 26 heavy (non-hydrogen) atoms. The number of fused-ring (bicyclic) bond motifs is 1. The fourth-order valence-corrected chi connectivity index (χ4v) is 5.41. The lowest BCUT2D eigenvalue weighted by Gasteiger charge is -2.34. The topological polar surface area (TPSA) is 97.2 Å². The van der Waals surface area contributed by atoms with Gasteiger partial charge in [-0.25, -0.2) is 8.42 Å². The van der Waals surface area contributed by atoms with Gasteiger partial charge in [0.05, 0.1) is 17.6 Å². The summed E-state index contributed by atoms with van der Waals surface area (Å²) in [6.45, 7) is 1.01. The van der Waals surface area contributed by atoms with Crippen molar-refractivity contribution in [2.45, 2.75) is 49.6 Å². The van der Waals surface area contributed by atoms with Crippen molar-refractivity contribution in [2.75, 3.05) is 11.9 Å². The van der Waals surface area contributed by atoms with E-state index in [4.69, 9.17) is 0 Å². The molecule has 1 aromatic carbocycles. The molecule has 1 amide bonds. The first-order valence-electron chi connectivity index (χ1n) is 8.83. The van der Waals surface area contributed by atoms with Crippen molar-refractivity contribution in [3.63, 3.8) is 0 Å². The lowest BCUT2D eigenvalue weighted by molar-refractivity contribution is -0.116. The number of benzene rings is 1. The predicted octanol–water partition coefficient (Wildman–Crippen LogP) is 1.41. The molecule has 0 radical (unpaired) electrons. The molecule has 0 spiro atoms. The molecule has 4 rings (SSSR count). The Labute approximate surface area is 152 Å². The molecule has 2 aliphatic heterocycles. The number of nitrogens with one attached hydrogen (secondary N) is 1. The van der Waals surface area contributed by atoms with Gasteiger partial charge in [0.25, 0.3) is 0 Å². The third-order valence-corrected chi connectivity index (χ3v) is 6.97. The van der Waals surface area contributed by atoms with Crippen molar-refractivity contribution in [1.82, 2.24) is 19.3 Å². The zero-order chi connectivity index (χ0) is 18.1. The predicted molar refractivity (Wildman–Crippen MR) is 94.9 cm³/mol. The van der Waals surface area contributed by atoms with Crippen LogP contribution in [-0.2, 0) is 27.8 Å². The van der Waals surface area contributed by atoms with E-state index >= 15 is 0 Å². The smallest absolute Gasteiger partial charge is 0.243 e. The molecule has 8 nitrogen and oxygen atoms in total. The van der Waals surface area contributed by atoms with Crippen LogP contribution >= 0.6 is 0 Å².